The highest BCUT2D eigenvalue weighted by Gasteiger charge is 2.64. The van der Waals surface area contributed by atoms with Gasteiger partial charge in [0.2, 0.25) is 66.6 Å². The van der Waals surface area contributed by atoms with Crippen LogP contribution >= 0.6 is 0 Å². The van der Waals surface area contributed by atoms with Gasteiger partial charge in [-0.3, -0.25) is 47.8 Å². The van der Waals surface area contributed by atoms with Crippen LogP contribution in [-0.4, -0.2) is 169 Å². The molecule has 4 amide bonds. The number of nitrogens with one attached hydrogen (secondary N) is 2. The molecule has 0 spiro atoms. The second kappa shape index (κ2) is 34.0. The maximum absolute atomic E-state index is 14.8. The van der Waals surface area contributed by atoms with E-state index in [1.165, 1.54) is 36.4 Å². The molecule has 6 fully saturated rings. The van der Waals surface area contributed by atoms with Crippen LogP contribution in [0, 0.1) is 58.2 Å². The fourth-order valence-electron chi connectivity index (χ4n) is 16.8. The molecule has 32 heteroatoms. The Morgan fingerprint density at radius 1 is 0.526 bits per heavy atom. The van der Waals surface area contributed by atoms with Gasteiger partial charge in [0, 0.05) is 47.2 Å². The van der Waals surface area contributed by atoms with Gasteiger partial charge in [-0.15, -0.1) is 0 Å². The molecule has 0 radical (unpaired) electrons. The zero-order chi connectivity index (χ0) is 83.0. The third-order valence-corrected chi connectivity index (χ3v) is 28.3. The van der Waals surface area contributed by atoms with Gasteiger partial charge < -0.3 is 38.2 Å². The number of rotatable bonds is 18. The van der Waals surface area contributed by atoms with E-state index in [4.69, 9.17) is 28.4 Å². The first-order valence-corrected chi connectivity index (χ1v) is 42.5. The van der Waals surface area contributed by atoms with Gasteiger partial charge >= 0.3 is 24.3 Å². The Labute approximate surface area is 660 Å². The number of carbonyl (C=O) groups is 8. The number of nitrogens with zero attached hydrogens (tertiary/aromatic N) is 4. The molecule has 8 aliphatic rings. The maximum Gasteiger partial charge on any atom is 0.427 e. The molecule has 4 aliphatic carbocycles. The Bertz CT molecular complexity index is 4320. The van der Waals surface area contributed by atoms with Gasteiger partial charge in [0.05, 0.1) is 97.8 Å². The van der Waals surface area contributed by atoms with E-state index in [-0.39, 0.29) is 75.2 Å². The van der Waals surface area contributed by atoms with Crippen molar-refractivity contribution < 1.29 is 110 Å². The zero-order valence-corrected chi connectivity index (χ0v) is 67.6. The number of ether oxygens (including phenoxy) is 6. The predicted octanol–water partition coefficient (Wildman–Crippen LogP) is 12.9. The third kappa shape index (κ3) is 19.0. The van der Waals surface area contributed by atoms with E-state index in [1.807, 2.05) is 62.4 Å². The SMILES string of the molecule is COc1cnc(O[C@@H]2C[C@H]3C(=O)C[C@]4(C(=O)NS(=O)(=O)C5CCC5)C[C@H]4/C=C\CC[C@@H](C)C[C@@H](C)[C@H](CC(=O)OC(C)(C)C(F)(F)F)C(=O)N3C2)c2ccccc12.COc1cnc(O[C@@H]2C[C@H]3C(=O)C[C@]4(C(=O)NS(=O)(=O)C5CCC5)C[C@H]4/C=C\CC[C@H](C)C[C@@H](C)[C@H](CC(=O)OC(C)(C)C(F)(F)F)C(=O)N3C2)c2ccccc12. The number of esters is 2. The fourth-order valence-corrected chi connectivity index (χ4v) is 20.0. The van der Waals surface area contributed by atoms with Crippen molar-refractivity contribution in [3.8, 4) is 23.3 Å². The summed E-state index contributed by atoms with van der Waals surface area (Å²) >= 11 is 0. The second-order valence-electron chi connectivity index (χ2n) is 33.8. The van der Waals surface area contributed by atoms with Gasteiger partial charge in [-0.05, 0) is 152 Å². The van der Waals surface area contributed by atoms with Gasteiger partial charge in [0.25, 0.3) is 0 Å². The molecule has 0 bridgehead atoms. The zero-order valence-electron chi connectivity index (χ0n) is 65.9. The lowest BCUT2D eigenvalue weighted by molar-refractivity contribution is -0.257. The molecular weight excluding hydrogens is 1540 g/mol. The van der Waals surface area contributed by atoms with E-state index >= 15 is 0 Å². The normalized spacial score (nSPS) is 29.6. The molecule has 624 valence electrons. The second-order valence-corrected chi connectivity index (χ2v) is 37.8. The first kappa shape index (κ1) is 86.4. The lowest BCUT2D eigenvalue weighted by Gasteiger charge is -2.33. The number of hydrogen-bond donors (Lipinski definition) is 2. The highest BCUT2D eigenvalue weighted by molar-refractivity contribution is 7.91. The van der Waals surface area contributed by atoms with Crippen molar-refractivity contribution in [2.75, 3.05) is 27.3 Å². The monoisotopic (exact) mass is 1640 g/mol. The predicted molar refractivity (Wildman–Crippen MR) is 407 cm³/mol. The quantitative estimate of drug-likeness (QED) is 0.0531. The Morgan fingerprint density at radius 3 is 1.20 bits per heavy atom. The van der Waals surface area contributed by atoms with Crippen molar-refractivity contribution in [1.29, 1.82) is 0 Å². The average molecular weight is 1640 g/mol. The summed E-state index contributed by atoms with van der Waals surface area (Å²) < 4.78 is 173. The number of sulfonamides is 2. The molecule has 4 aromatic rings. The minimum absolute atomic E-state index is 0.0196. The van der Waals surface area contributed by atoms with Crippen LogP contribution in [0.5, 0.6) is 23.3 Å². The van der Waals surface area contributed by atoms with Gasteiger partial charge in [-0.1, -0.05) is 101 Å². The summed E-state index contributed by atoms with van der Waals surface area (Å²) in [5.74, 6) is -8.81. The number of pyridine rings is 2. The Balaban J connectivity index is 0.000000225. The standard InChI is InChI=1S/2C41H52F3N3O9S/c2*1-24-11-6-7-12-26-20-40(26,38(51)46-57(52,53)28-13-10-14-28)21-33(48)32-18-27(55-36-30-16-9-8-15-29(30)34(54-5)22-45-36)23-47(32)37(50)31(25(2)17-24)19-35(49)56-39(3,4)41(42,43)44/h2*7-9,12,15-16,22,24-28,31-32H,6,10-11,13-14,17-21,23H2,1-5H3,(H,46,51)/b2*12-7-/t24-,25+,26+,27+,31-,32-,40+;24-,25-,26-,27-,31+,32+,40-/m01/s1. The fraction of sp³-hybridized carbons (Fsp3) is 0.634. The molecule has 2 aromatic heterocycles. The van der Waals surface area contributed by atoms with Gasteiger partial charge in [-0.25, -0.2) is 26.8 Å². The third-order valence-electron chi connectivity index (χ3n) is 24.7. The van der Waals surface area contributed by atoms with Gasteiger partial charge in [0.1, 0.15) is 23.7 Å². The summed E-state index contributed by atoms with van der Waals surface area (Å²) in [6, 6.07) is 12.2. The lowest BCUT2D eigenvalue weighted by atomic mass is 9.82. The van der Waals surface area contributed by atoms with Crippen molar-refractivity contribution in [2.24, 2.45) is 58.2 Å². The van der Waals surface area contributed by atoms with Crippen LogP contribution in [0.25, 0.3) is 21.5 Å². The van der Waals surface area contributed by atoms with Crippen molar-refractivity contribution >= 4 is 88.7 Å². The topological polar surface area (TPSA) is 317 Å². The number of amides is 4. The van der Waals surface area contributed by atoms with Crippen molar-refractivity contribution in [2.45, 2.75) is 242 Å². The average Bonchev–Trinajstić information content (AvgIpc) is 1.58. The van der Waals surface area contributed by atoms with Crippen molar-refractivity contribution in [3.05, 3.63) is 85.2 Å². The molecule has 4 saturated carbocycles. The Hall–Kier alpha value is -8.42. The van der Waals surface area contributed by atoms with E-state index in [0.29, 0.717) is 97.3 Å². The molecule has 2 saturated heterocycles. The number of aromatic nitrogens is 2. The highest BCUT2D eigenvalue weighted by Crippen LogP contribution is 2.59. The minimum Gasteiger partial charge on any atom is -0.494 e. The van der Waals surface area contributed by atoms with Crippen LogP contribution in [0.1, 0.15) is 184 Å². The molecular formula is C82H104F6N6O18S2. The summed E-state index contributed by atoms with van der Waals surface area (Å²) in [5, 5.41) is 1.30. The van der Waals surface area contributed by atoms with E-state index < -0.39 is 185 Å². The first-order chi connectivity index (χ1) is 53.5. The number of fused-ring (bicyclic) bond motifs is 6. The Morgan fingerprint density at radius 2 is 0.877 bits per heavy atom. The van der Waals surface area contributed by atoms with Gasteiger partial charge in [0.15, 0.2) is 11.6 Å². The van der Waals surface area contributed by atoms with Crippen LogP contribution < -0.4 is 28.4 Å². The number of benzene rings is 2. The van der Waals surface area contributed by atoms with E-state index in [1.54, 1.807) is 38.1 Å². The van der Waals surface area contributed by atoms with Crippen LogP contribution in [0.15, 0.2) is 85.2 Å². The molecule has 6 heterocycles. The summed E-state index contributed by atoms with van der Waals surface area (Å²) in [6.45, 7) is 10.2. The van der Waals surface area contributed by atoms with Crippen LogP contribution in [0.3, 0.4) is 0 Å². The number of Topliss-reactive ketones (excluding diaryl/α,β-unsaturated/α-hetero) is 2. The van der Waals surface area contributed by atoms with Crippen LogP contribution in [0.2, 0.25) is 0 Å². The summed E-state index contributed by atoms with van der Waals surface area (Å²) in [6.07, 6.45) is 4.28. The number of ketones is 2. The number of halogens is 6. The molecule has 12 rings (SSSR count). The number of allylic oxidation sites excluding steroid dienone is 4. The van der Waals surface area contributed by atoms with E-state index in [2.05, 4.69) is 19.4 Å². The van der Waals surface area contributed by atoms with E-state index in [9.17, 15) is 81.5 Å². The summed E-state index contributed by atoms with van der Waals surface area (Å²) in [5.41, 5.74) is -8.35. The number of hydrogen-bond acceptors (Lipinski definition) is 20. The largest absolute Gasteiger partial charge is 0.494 e. The maximum atomic E-state index is 14.8. The van der Waals surface area contributed by atoms with Crippen molar-refractivity contribution in [1.82, 2.24) is 29.2 Å². The molecule has 14 atom stereocenters. The summed E-state index contributed by atoms with van der Waals surface area (Å²) in [4.78, 5) is 125. The smallest absolute Gasteiger partial charge is 0.427 e. The molecule has 2 aromatic carbocycles. The first-order valence-electron chi connectivity index (χ1n) is 39.4. The van der Waals surface area contributed by atoms with Gasteiger partial charge in [-0.2, -0.15) is 26.3 Å². The van der Waals surface area contributed by atoms with Crippen LogP contribution in [0.4, 0.5) is 26.3 Å². The lowest BCUT2D eigenvalue weighted by Crippen LogP contribution is -2.49. The van der Waals surface area contributed by atoms with E-state index in [0.717, 1.165) is 40.5 Å². The number of alkyl halides is 6. The number of carbonyl (C=O) groups excluding carboxylic acids is 8. The Kier molecular flexibility index (Phi) is 25.8. The van der Waals surface area contributed by atoms with Crippen LogP contribution in [-0.2, 0) is 67.9 Å². The van der Waals surface area contributed by atoms with Crippen molar-refractivity contribution in [3.63, 3.8) is 0 Å². The highest BCUT2D eigenvalue weighted by atomic mass is 32.2. The molecule has 24 nitrogen and oxygen atoms in total. The minimum atomic E-state index is -4.86. The molecule has 114 heavy (non-hydrogen) atoms. The summed E-state index contributed by atoms with van der Waals surface area (Å²) in [7, 11) is -4.90. The molecule has 4 aliphatic heterocycles. The molecule has 2 N–H and O–H groups in total. The number of methoxy groups -OCH3 is 2. The molecule has 0 unspecified atom stereocenters.